The summed E-state index contributed by atoms with van der Waals surface area (Å²) in [5.74, 6) is -3.66. The predicted octanol–water partition coefficient (Wildman–Crippen LogP) is 5.45. The molecule has 1 aliphatic heterocycles. The van der Waals surface area contributed by atoms with Gasteiger partial charge in [0.25, 0.3) is 5.91 Å². The number of fused-ring (bicyclic) bond motifs is 1. The molecule has 194 valence electrons. The Hall–Kier alpha value is -4.67. The fourth-order valence-electron chi connectivity index (χ4n) is 4.76. The summed E-state index contributed by atoms with van der Waals surface area (Å²) in [6.45, 7) is -0.689. The van der Waals surface area contributed by atoms with Crippen LogP contribution in [-0.2, 0) is 9.53 Å². The van der Waals surface area contributed by atoms with E-state index in [9.17, 15) is 28.5 Å². The van der Waals surface area contributed by atoms with Crippen molar-refractivity contribution in [2.24, 2.45) is 11.0 Å². The van der Waals surface area contributed by atoms with Crippen molar-refractivity contribution < 1.29 is 32.4 Å². The Bertz CT molecular complexity index is 1450. The van der Waals surface area contributed by atoms with Crippen molar-refractivity contribution in [3.8, 4) is 0 Å². The number of furan rings is 1. The minimum atomic E-state index is -1.04. The number of allylic oxidation sites excluding steroid dienone is 1. The van der Waals surface area contributed by atoms with Crippen molar-refractivity contribution >= 4 is 29.5 Å². The average Bonchev–Trinajstić information content (AvgIpc) is 3.56. The highest BCUT2D eigenvalue weighted by molar-refractivity contribution is 6.08. The van der Waals surface area contributed by atoms with Gasteiger partial charge >= 0.3 is 11.9 Å². The van der Waals surface area contributed by atoms with Gasteiger partial charge in [-0.2, -0.15) is 5.10 Å². The zero-order valence-electron chi connectivity index (χ0n) is 19.9. The molecule has 2 aliphatic rings. The highest BCUT2D eigenvalue weighted by atomic mass is 19.1. The van der Waals surface area contributed by atoms with Crippen LogP contribution in [0.1, 0.15) is 47.0 Å². The van der Waals surface area contributed by atoms with Crippen molar-refractivity contribution in [3.05, 3.63) is 105 Å². The first-order valence-electron chi connectivity index (χ1n) is 11.8. The molecule has 1 amide bonds. The average molecular weight is 521 g/mol. The van der Waals surface area contributed by atoms with Crippen molar-refractivity contribution in [1.82, 2.24) is 5.01 Å². The summed E-state index contributed by atoms with van der Waals surface area (Å²) in [6, 6.07) is 13.4. The Morgan fingerprint density at radius 3 is 2.42 bits per heavy atom. The third kappa shape index (κ3) is 5.08. The number of esters is 1. The lowest BCUT2D eigenvalue weighted by Gasteiger charge is -2.29. The molecule has 9 nitrogen and oxygen atoms in total. The highest BCUT2D eigenvalue weighted by Crippen LogP contribution is 2.44. The van der Waals surface area contributed by atoms with Crippen molar-refractivity contribution in [2.75, 3.05) is 6.61 Å². The lowest BCUT2D eigenvalue weighted by atomic mass is 9.77. The molecule has 0 saturated heterocycles. The first-order valence-corrected chi connectivity index (χ1v) is 11.8. The van der Waals surface area contributed by atoms with Crippen molar-refractivity contribution in [1.29, 1.82) is 0 Å². The molecule has 2 aromatic carbocycles. The van der Waals surface area contributed by atoms with Crippen molar-refractivity contribution in [3.63, 3.8) is 0 Å². The zero-order valence-corrected chi connectivity index (χ0v) is 19.9. The van der Waals surface area contributed by atoms with Gasteiger partial charge in [-0.25, -0.2) is 18.6 Å². The summed E-state index contributed by atoms with van der Waals surface area (Å²) in [7, 11) is 0. The van der Waals surface area contributed by atoms with Crippen LogP contribution in [0.3, 0.4) is 0 Å². The van der Waals surface area contributed by atoms with Gasteiger partial charge in [-0.05, 0) is 72.4 Å². The van der Waals surface area contributed by atoms with Crippen LogP contribution < -0.4 is 0 Å². The number of carbonyl (C=O) groups excluding carboxylic acids is 2. The van der Waals surface area contributed by atoms with Gasteiger partial charge in [-0.3, -0.25) is 14.9 Å². The van der Waals surface area contributed by atoms with Crippen LogP contribution in [0, 0.1) is 27.7 Å². The van der Waals surface area contributed by atoms with E-state index in [0.717, 1.165) is 36.1 Å². The van der Waals surface area contributed by atoms with E-state index in [1.165, 1.54) is 29.3 Å². The predicted molar refractivity (Wildman–Crippen MR) is 131 cm³/mol. The van der Waals surface area contributed by atoms with Crippen LogP contribution >= 0.6 is 0 Å². The molecule has 0 radical (unpaired) electrons. The number of hydrogen-bond acceptors (Lipinski definition) is 7. The minimum absolute atomic E-state index is 0.187. The van der Waals surface area contributed by atoms with Gasteiger partial charge in [-0.15, -0.1) is 0 Å². The fraction of sp³-hybridized carbons (Fsp3) is 0.222. The number of benzene rings is 2. The van der Waals surface area contributed by atoms with E-state index in [0.29, 0.717) is 17.7 Å². The molecule has 0 N–H and O–H groups in total. The third-order valence-corrected chi connectivity index (χ3v) is 6.48. The fourth-order valence-corrected chi connectivity index (χ4v) is 4.76. The molecule has 0 spiro atoms. The van der Waals surface area contributed by atoms with E-state index in [1.807, 2.05) is 6.08 Å². The number of nitrogens with zero attached hydrogens (tertiary/aromatic N) is 3. The Morgan fingerprint density at radius 1 is 1.08 bits per heavy atom. The molecule has 3 aromatic rings. The number of halogens is 2. The Balaban J connectivity index is 1.41. The summed E-state index contributed by atoms with van der Waals surface area (Å²) < 4.78 is 36.9. The molecule has 1 fully saturated rings. The second-order valence-corrected chi connectivity index (χ2v) is 8.91. The van der Waals surface area contributed by atoms with Crippen LogP contribution in [-0.4, -0.2) is 34.1 Å². The second-order valence-electron chi connectivity index (χ2n) is 8.91. The molecule has 1 saturated carbocycles. The zero-order chi connectivity index (χ0) is 26.8. The number of nitro groups is 1. The van der Waals surface area contributed by atoms with Gasteiger partial charge in [0.15, 0.2) is 6.61 Å². The molecule has 2 atom stereocenters. The van der Waals surface area contributed by atoms with Gasteiger partial charge in [0.1, 0.15) is 16.6 Å². The highest BCUT2D eigenvalue weighted by Gasteiger charge is 2.44. The standard InChI is InChI=1S/C27H21F2N3O6/c28-19-8-4-16(5-9-19)14-18-2-1-3-21-25(18)30-31(26(21)17-6-10-20(29)11-7-17)23(33)15-37-27(34)22-12-13-24(38-22)32(35)36/h4-14,21,26H,1-3,15H2/b18-14-/t21-,26+/m0/s1. The van der Waals surface area contributed by atoms with Crippen molar-refractivity contribution in [2.45, 2.75) is 25.3 Å². The maximum atomic E-state index is 13.7. The van der Waals surface area contributed by atoms with Gasteiger partial charge < -0.3 is 9.15 Å². The van der Waals surface area contributed by atoms with Crippen LogP contribution in [0.4, 0.5) is 14.7 Å². The molecule has 5 rings (SSSR count). The Morgan fingerprint density at radius 2 is 1.76 bits per heavy atom. The summed E-state index contributed by atoms with van der Waals surface area (Å²) in [4.78, 5) is 35.5. The summed E-state index contributed by atoms with van der Waals surface area (Å²) in [6.07, 6.45) is 4.16. The SMILES string of the molecule is O=C(OCC(=O)N1N=C2/C(=C\c3ccc(F)cc3)CCC[C@@H]2[C@H]1c1ccc(F)cc1)c1ccc([N+](=O)[O-])o1. The molecule has 0 unspecified atom stereocenters. The molecule has 38 heavy (non-hydrogen) atoms. The number of hydrogen-bond donors (Lipinski definition) is 0. The van der Waals surface area contributed by atoms with E-state index < -0.39 is 46.9 Å². The topological polar surface area (TPSA) is 115 Å². The van der Waals surface area contributed by atoms with E-state index in [2.05, 4.69) is 5.10 Å². The molecule has 1 aliphatic carbocycles. The first kappa shape index (κ1) is 25.0. The van der Waals surface area contributed by atoms with Gasteiger partial charge in [0.2, 0.25) is 5.76 Å². The first-order chi connectivity index (χ1) is 18.3. The summed E-state index contributed by atoms with van der Waals surface area (Å²) in [5.41, 5.74) is 3.04. The maximum absolute atomic E-state index is 13.7. The maximum Gasteiger partial charge on any atom is 0.433 e. The monoisotopic (exact) mass is 521 g/mol. The molecule has 1 aromatic heterocycles. The van der Waals surface area contributed by atoms with Crippen LogP contribution in [0.2, 0.25) is 0 Å². The minimum Gasteiger partial charge on any atom is -0.450 e. The Kier molecular flexibility index (Phi) is 6.82. The Labute approximate surface area is 215 Å². The number of ether oxygens (including phenoxy) is 1. The molecular formula is C27H21F2N3O6. The summed E-state index contributed by atoms with van der Waals surface area (Å²) >= 11 is 0. The molecule has 0 bridgehead atoms. The van der Waals surface area contributed by atoms with Gasteiger partial charge in [-0.1, -0.05) is 24.3 Å². The van der Waals surface area contributed by atoms with Gasteiger partial charge in [0.05, 0.1) is 17.8 Å². The smallest absolute Gasteiger partial charge is 0.433 e. The summed E-state index contributed by atoms with van der Waals surface area (Å²) in [5, 5.41) is 16.7. The number of carbonyl (C=O) groups is 2. The molecular weight excluding hydrogens is 500 g/mol. The van der Waals surface area contributed by atoms with E-state index >= 15 is 0 Å². The lowest BCUT2D eigenvalue weighted by molar-refractivity contribution is -0.402. The van der Waals surface area contributed by atoms with Crippen LogP contribution in [0.25, 0.3) is 6.08 Å². The van der Waals surface area contributed by atoms with Crippen LogP contribution in [0.15, 0.2) is 75.8 Å². The van der Waals surface area contributed by atoms with E-state index in [1.54, 1.807) is 24.3 Å². The quantitative estimate of drug-likeness (QED) is 0.242. The normalized spacial score (nSPS) is 19.7. The number of amides is 1. The largest absolute Gasteiger partial charge is 0.450 e. The number of rotatable bonds is 6. The van der Waals surface area contributed by atoms with Crippen LogP contribution in [0.5, 0.6) is 0 Å². The van der Waals surface area contributed by atoms with E-state index in [4.69, 9.17) is 9.15 Å². The third-order valence-electron chi connectivity index (χ3n) is 6.48. The van der Waals surface area contributed by atoms with E-state index in [-0.39, 0.29) is 11.7 Å². The number of hydrazone groups is 1. The van der Waals surface area contributed by atoms with Gasteiger partial charge in [0, 0.05) is 5.92 Å². The second kappa shape index (κ2) is 10.4. The lowest BCUT2D eigenvalue weighted by Crippen LogP contribution is -2.34. The molecule has 2 heterocycles. The molecule has 11 heteroatoms.